The van der Waals surface area contributed by atoms with Crippen molar-refractivity contribution in [1.29, 1.82) is 0 Å². The van der Waals surface area contributed by atoms with Gasteiger partial charge in [0.2, 0.25) is 0 Å². The highest BCUT2D eigenvalue weighted by Gasteiger charge is 2.14. The van der Waals surface area contributed by atoms with Gasteiger partial charge in [0.1, 0.15) is 0 Å². The molecule has 0 atom stereocenters. The molecule has 0 aliphatic heterocycles. The Morgan fingerprint density at radius 3 is 2.55 bits per heavy atom. The Morgan fingerprint density at radius 2 is 1.82 bits per heavy atom. The molecule has 0 saturated carbocycles. The summed E-state index contributed by atoms with van der Waals surface area (Å²) in [7, 11) is 0. The molecule has 0 aromatic heterocycles. The second kappa shape index (κ2) is 3.65. The van der Waals surface area contributed by atoms with Crippen molar-refractivity contribution < 1.29 is 9.18 Å². The van der Waals surface area contributed by atoms with Gasteiger partial charge in [-0.1, -0.05) is 6.42 Å². The predicted octanol–water partition coefficient (Wildman–Crippen LogP) is 2.76. The summed E-state index contributed by atoms with van der Waals surface area (Å²) in [6, 6.07) is 0. The van der Waals surface area contributed by atoms with Gasteiger partial charge in [0.15, 0.2) is 11.6 Å². The van der Waals surface area contributed by atoms with E-state index in [4.69, 9.17) is 0 Å². The molecule has 0 aromatic carbocycles. The number of Topliss-reactive ketones (excluding diaryl/α,β-unsaturated/α-hetero) is 1. The average Bonchev–Trinajstić information content (AvgIpc) is 2.00. The van der Waals surface area contributed by atoms with Gasteiger partial charge in [-0.15, -0.1) is 0 Å². The van der Waals surface area contributed by atoms with Crippen molar-refractivity contribution >= 4 is 5.78 Å². The van der Waals surface area contributed by atoms with Gasteiger partial charge >= 0.3 is 0 Å². The molecule has 2 heteroatoms. The lowest BCUT2D eigenvalue weighted by Gasteiger charge is -2.07. The molecule has 1 aliphatic carbocycles. The summed E-state index contributed by atoms with van der Waals surface area (Å²) in [4.78, 5) is 10.9. The third-order valence-electron chi connectivity index (χ3n) is 2.08. The first-order valence-electron chi connectivity index (χ1n) is 4.10. The molecular formula is C9H13FO. The van der Waals surface area contributed by atoms with Crippen LogP contribution in [0.3, 0.4) is 0 Å². The maximum atomic E-state index is 12.9. The summed E-state index contributed by atoms with van der Waals surface area (Å²) >= 11 is 0. The van der Waals surface area contributed by atoms with Crippen LogP contribution < -0.4 is 0 Å². The van der Waals surface area contributed by atoms with Gasteiger partial charge in [0.25, 0.3) is 0 Å². The van der Waals surface area contributed by atoms with E-state index >= 15 is 0 Å². The number of carbonyl (C=O) groups is 1. The van der Waals surface area contributed by atoms with Crippen molar-refractivity contribution in [2.45, 2.75) is 39.0 Å². The molecular weight excluding hydrogens is 143 g/mol. The van der Waals surface area contributed by atoms with E-state index in [-0.39, 0.29) is 5.78 Å². The van der Waals surface area contributed by atoms with Crippen LogP contribution >= 0.6 is 0 Å². The van der Waals surface area contributed by atoms with E-state index in [0.717, 1.165) is 25.7 Å². The van der Waals surface area contributed by atoms with Crippen LogP contribution in [0, 0.1) is 0 Å². The lowest BCUT2D eigenvalue weighted by molar-refractivity contribution is -0.117. The van der Waals surface area contributed by atoms with Crippen molar-refractivity contribution in [2.75, 3.05) is 0 Å². The number of carbonyl (C=O) groups excluding carboxylic acids is 1. The van der Waals surface area contributed by atoms with Crippen LogP contribution in [-0.4, -0.2) is 5.78 Å². The Labute approximate surface area is 66.3 Å². The van der Waals surface area contributed by atoms with E-state index in [1.807, 2.05) is 0 Å². The first-order chi connectivity index (χ1) is 5.22. The molecule has 11 heavy (non-hydrogen) atoms. The molecule has 0 fully saturated rings. The largest absolute Gasteiger partial charge is 0.292 e. The van der Waals surface area contributed by atoms with Crippen LogP contribution in [0.15, 0.2) is 11.4 Å². The topological polar surface area (TPSA) is 17.1 Å². The van der Waals surface area contributed by atoms with Crippen LogP contribution in [0.25, 0.3) is 0 Å². The van der Waals surface area contributed by atoms with Gasteiger partial charge in [0, 0.05) is 6.42 Å². The van der Waals surface area contributed by atoms with Crippen molar-refractivity contribution in [3.05, 3.63) is 11.4 Å². The molecule has 0 aromatic rings. The summed E-state index contributed by atoms with van der Waals surface area (Å²) in [6.07, 6.45) is 4.06. The first-order valence-corrected chi connectivity index (χ1v) is 4.10. The standard InChI is InChI=1S/C9H13FO/c1-7-5-3-2-4-6-8(11)9(7)10/h2-6H2,1H3. The van der Waals surface area contributed by atoms with Gasteiger partial charge in [-0.2, -0.15) is 0 Å². The van der Waals surface area contributed by atoms with Crippen molar-refractivity contribution in [3.8, 4) is 0 Å². The quantitative estimate of drug-likeness (QED) is 0.527. The zero-order valence-corrected chi connectivity index (χ0v) is 6.82. The summed E-state index contributed by atoms with van der Waals surface area (Å²) < 4.78 is 12.9. The fraction of sp³-hybridized carbons (Fsp3) is 0.667. The SMILES string of the molecule is CC1=C(F)C(=O)CCCCC1. The second-order valence-corrected chi connectivity index (χ2v) is 3.08. The van der Waals surface area contributed by atoms with Gasteiger partial charge in [0.05, 0.1) is 0 Å². The van der Waals surface area contributed by atoms with Crippen LogP contribution in [0.2, 0.25) is 0 Å². The third kappa shape index (κ3) is 2.14. The molecule has 0 heterocycles. The molecule has 0 spiro atoms. The zero-order chi connectivity index (χ0) is 8.27. The lowest BCUT2D eigenvalue weighted by Crippen LogP contribution is -2.03. The van der Waals surface area contributed by atoms with E-state index in [1.165, 1.54) is 0 Å². The predicted molar refractivity (Wildman–Crippen MR) is 41.9 cm³/mol. The van der Waals surface area contributed by atoms with Crippen molar-refractivity contribution in [1.82, 2.24) is 0 Å². The number of hydrogen-bond donors (Lipinski definition) is 0. The van der Waals surface area contributed by atoms with E-state index in [1.54, 1.807) is 6.92 Å². The minimum Gasteiger partial charge on any atom is -0.292 e. The average molecular weight is 156 g/mol. The zero-order valence-electron chi connectivity index (χ0n) is 6.82. The van der Waals surface area contributed by atoms with Crippen molar-refractivity contribution in [3.63, 3.8) is 0 Å². The summed E-state index contributed by atoms with van der Waals surface area (Å²) in [5.41, 5.74) is 0.634. The maximum Gasteiger partial charge on any atom is 0.191 e. The monoisotopic (exact) mass is 156 g/mol. The minimum atomic E-state index is -0.482. The van der Waals surface area contributed by atoms with Crippen molar-refractivity contribution in [2.24, 2.45) is 0 Å². The Kier molecular flexibility index (Phi) is 2.80. The smallest absolute Gasteiger partial charge is 0.191 e. The highest BCUT2D eigenvalue weighted by Crippen LogP contribution is 2.20. The highest BCUT2D eigenvalue weighted by atomic mass is 19.1. The second-order valence-electron chi connectivity index (χ2n) is 3.08. The fourth-order valence-electron chi connectivity index (χ4n) is 1.31. The Bertz CT molecular complexity index is 194. The number of allylic oxidation sites excluding steroid dienone is 2. The Hall–Kier alpha value is -0.660. The van der Waals surface area contributed by atoms with Crippen LogP contribution in [0.1, 0.15) is 39.0 Å². The van der Waals surface area contributed by atoms with Gasteiger partial charge in [-0.3, -0.25) is 4.79 Å². The molecule has 0 amide bonds. The molecule has 0 N–H and O–H groups in total. The van der Waals surface area contributed by atoms with Gasteiger partial charge < -0.3 is 0 Å². The molecule has 1 aliphatic rings. The minimum absolute atomic E-state index is 0.304. The normalized spacial score (nSPS) is 21.5. The molecule has 0 saturated heterocycles. The maximum absolute atomic E-state index is 12.9. The van der Waals surface area contributed by atoms with E-state index in [0.29, 0.717) is 12.0 Å². The van der Waals surface area contributed by atoms with E-state index in [9.17, 15) is 9.18 Å². The molecule has 0 bridgehead atoms. The summed E-state index contributed by atoms with van der Waals surface area (Å²) in [5, 5.41) is 0. The molecule has 1 nitrogen and oxygen atoms in total. The fourth-order valence-corrected chi connectivity index (χ4v) is 1.31. The van der Waals surface area contributed by atoms with Crippen LogP contribution in [-0.2, 0) is 4.79 Å². The molecule has 0 radical (unpaired) electrons. The third-order valence-corrected chi connectivity index (χ3v) is 2.08. The Morgan fingerprint density at radius 1 is 1.18 bits per heavy atom. The first kappa shape index (κ1) is 8.44. The van der Waals surface area contributed by atoms with E-state index < -0.39 is 5.83 Å². The number of hydrogen-bond acceptors (Lipinski definition) is 1. The van der Waals surface area contributed by atoms with Crippen LogP contribution in [0.4, 0.5) is 4.39 Å². The van der Waals surface area contributed by atoms with Gasteiger partial charge in [-0.25, -0.2) is 4.39 Å². The molecule has 0 unspecified atom stereocenters. The van der Waals surface area contributed by atoms with E-state index in [2.05, 4.69) is 0 Å². The van der Waals surface area contributed by atoms with Crippen LogP contribution in [0.5, 0.6) is 0 Å². The summed E-state index contributed by atoms with van der Waals surface area (Å²) in [6.45, 7) is 1.71. The number of rotatable bonds is 0. The highest BCUT2D eigenvalue weighted by molar-refractivity contribution is 5.93. The van der Waals surface area contributed by atoms with Gasteiger partial charge in [-0.05, 0) is 31.8 Å². The Balaban J connectivity index is 2.74. The summed E-state index contributed by atoms with van der Waals surface area (Å²) in [5.74, 6) is -0.785. The molecule has 1 rings (SSSR count). The lowest BCUT2D eigenvalue weighted by atomic mass is 9.99. The number of ketones is 1. The number of halogens is 1. The molecule has 62 valence electrons.